The zero-order valence-electron chi connectivity index (χ0n) is 29.3. The molecule has 0 saturated carbocycles. The van der Waals surface area contributed by atoms with Gasteiger partial charge in [0.05, 0.1) is 36.2 Å². The number of ether oxygens (including phenoxy) is 5. The molecule has 3 aromatic carbocycles. The van der Waals surface area contributed by atoms with Crippen LogP contribution in [0.5, 0.6) is 11.5 Å². The van der Waals surface area contributed by atoms with Crippen molar-refractivity contribution in [2.45, 2.75) is 62.5 Å². The molecule has 3 aliphatic heterocycles. The van der Waals surface area contributed by atoms with Crippen LogP contribution in [0.4, 0.5) is 13.6 Å². The molecule has 3 aromatic rings. The molecule has 2 fully saturated rings. The maximum Gasteiger partial charge on any atom is 0.407 e. The standard InChI is InChI=1S/C37H43F2N3O10S/c1-37(2,11-12-40-34(44)24-15-25(38)17-26(39)16-24)21-42(53(46,47)27-8-9-31-32(18-27)51-22-50-31)19-30(43)29(14-23-6-4-3-5-7-23)41-36(45)52-33-20-49-35-28(33)10-13-48-35/h3-9,15-18,28-30,33,35,43H,10-14,19-22H2,1-2H3,(H,40,44)(H,41,45)/t28-,29-,30+,33-,35+/m0/s1. The van der Waals surface area contributed by atoms with Gasteiger partial charge in [0.15, 0.2) is 17.8 Å². The molecule has 6 rings (SSSR count). The molecule has 0 aliphatic carbocycles. The van der Waals surface area contributed by atoms with Gasteiger partial charge in [-0.2, -0.15) is 4.31 Å². The number of sulfonamides is 1. The van der Waals surface area contributed by atoms with E-state index in [0.717, 1.165) is 22.0 Å². The van der Waals surface area contributed by atoms with Crippen molar-refractivity contribution in [3.05, 3.63) is 89.5 Å². The number of carbonyl (C=O) groups is 2. The van der Waals surface area contributed by atoms with Gasteiger partial charge in [-0.25, -0.2) is 22.0 Å². The average molecular weight is 760 g/mol. The quantitative estimate of drug-likeness (QED) is 0.207. The lowest BCUT2D eigenvalue weighted by molar-refractivity contribution is -0.0907. The molecule has 53 heavy (non-hydrogen) atoms. The fraction of sp³-hybridized carbons (Fsp3) is 0.459. The van der Waals surface area contributed by atoms with E-state index >= 15 is 0 Å². The molecule has 0 radical (unpaired) electrons. The molecule has 5 atom stereocenters. The minimum absolute atomic E-state index is 0.0478. The molecule has 13 nitrogen and oxygen atoms in total. The molecule has 16 heteroatoms. The zero-order valence-corrected chi connectivity index (χ0v) is 30.2. The predicted molar refractivity (Wildman–Crippen MR) is 186 cm³/mol. The number of rotatable bonds is 15. The van der Waals surface area contributed by atoms with Crippen LogP contribution in [0.2, 0.25) is 0 Å². The van der Waals surface area contributed by atoms with Crippen molar-refractivity contribution in [1.82, 2.24) is 14.9 Å². The van der Waals surface area contributed by atoms with Crippen molar-refractivity contribution in [3.63, 3.8) is 0 Å². The Morgan fingerprint density at radius 1 is 1.02 bits per heavy atom. The molecule has 0 aromatic heterocycles. The Morgan fingerprint density at radius 3 is 2.51 bits per heavy atom. The third-order valence-corrected chi connectivity index (χ3v) is 11.3. The van der Waals surface area contributed by atoms with E-state index < -0.39 is 70.2 Å². The number of aliphatic hydroxyl groups excluding tert-OH is 1. The second-order valence-corrected chi connectivity index (χ2v) is 16.1. The van der Waals surface area contributed by atoms with Crippen molar-refractivity contribution < 1.29 is 55.6 Å². The fourth-order valence-electron chi connectivity index (χ4n) is 6.65. The Morgan fingerprint density at radius 2 is 1.75 bits per heavy atom. The van der Waals surface area contributed by atoms with Crippen LogP contribution in [0.25, 0.3) is 0 Å². The van der Waals surface area contributed by atoms with Crippen LogP contribution in [-0.4, -0.2) is 94.0 Å². The summed E-state index contributed by atoms with van der Waals surface area (Å²) in [7, 11) is -4.32. The van der Waals surface area contributed by atoms with E-state index in [0.29, 0.717) is 24.8 Å². The molecule has 2 amide bonds. The van der Waals surface area contributed by atoms with Crippen LogP contribution in [-0.2, 0) is 30.7 Å². The smallest absolute Gasteiger partial charge is 0.407 e. The van der Waals surface area contributed by atoms with Gasteiger partial charge in [0.1, 0.15) is 17.7 Å². The fourth-order valence-corrected chi connectivity index (χ4v) is 8.31. The Bertz CT molecular complexity index is 1860. The van der Waals surface area contributed by atoms with Crippen molar-refractivity contribution in [2.75, 3.05) is 39.6 Å². The summed E-state index contributed by atoms with van der Waals surface area (Å²) in [5.41, 5.74) is -0.222. The van der Waals surface area contributed by atoms with Crippen LogP contribution >= 0.6 is 0 Å². The first-order chi connectivity index (χ1) is 25.3. The molecule has 3 aliphatic rings. The maximum atomic E-state index is 14.4. The normalized spacial score (nSPS) is 20.5. The van der Waals surface area contributed by atoms with Gasteiger partial charge in [-0.1, -0.05) is 44.2 Å². The lowest BCUT2D eigenvalue weighted by Gasteiger charge is -2.35. The van der Waals surface area contributed by atoms with Gasteiger partial charge in [0.2, 0.25) is 16.8 Å². The summed E-state index contributed by atoms with van der Waals surface area (Å²) in [5.74, 6) is -1.95. The summed E-state index contributed by atoms with van der Waals surface area (Å²) < 4.78 is 84.9. The number of fused-ring (bicyclic) bond motifs is 2. The molecule has 0 unspecified atom stereocenters. The lowest BCUT2D eigenvalue weighted by Crippen LogP contribution is -2.52. The number of hydrogen-bond donors (Lipinski definition) is 3. The Hall–Kier alpha value is -4.35. The van der Waals surface area contributed by atoms with E-state index in [2.05, 4.69) is 10.6 Å². The number of amides is 2. The van der Waals surface area contributed by atoms with Gasteiger partial charge in [-0.15, -0.1) is 0 Å². The number of nitrogens with zero attached hydrogens (tertiary/aromatic N) is 1. The number of hydrogen-bond acceptors (Lipinski definition) is 10. The van der Waals surface area contributed by atoms with E-state index in [1.165, 1.54) is 18.2 Å². The highest BCUT2D eigenvalue weighted by Crippen LogP contribution is 2.36. The average Bonchev–Trinajstić information content (AvgIpc) is 3.86. The number of carbonyl (C=O) groups excluding carboxylic acids is 2. The molecule has 3 heterocycles. The van der Waals surface area contributed by atoms with Crippen molar-refractivity contribution in [3.8, 4) is 11.5 Å². The van der Waals surface area contributed by atoms with E-state index in [9.17, 15) is 31.9 Å². The number of aliphatic hydroxyl groups is 1. The first kappa shape index (κ1) is 38.4. The largest absolute Gasteiger partial charge is 0.454 e. The highest BCUT2D eigenvalue weighted by atomic mass is 32.2. The predicted octanol–water partition coefficient (Wildman–Crippen LogP) is 3.99. The Balaban J connectivity index is 1.20. The van der Waals surface area contributed by atoms with E-state index in [1.54, 1.807) is 13.8 Å². The zero-order chi connectivity index (χ0) is 37.8. The van der Waals surface area contributed by atoms with E-state index in [4.69, 9.17) is 23.7 Å². The van der Waals surface area contributed by atoms with Gasteiger partial charge >= 0.3 is 6.09 Å². The van der Waals surface area contributed by atoms with Crippen molar-refractivity contribution >= 4 is 22.0 Å². The number of benzene rings is 3. The molecule has 0 bridgehead atoms. The van der Waals surface area contributed by atoms with Gasteiger partial charge in [-0.05, 0) is 54.5 Å². The van der Waals surface area contributed by atoms with Gasteiger partial charge < -0.3 is 39.4 Å². The van der Waals surface area contributed by atoms with Crippen LogP contribution in [0, 0.1) is 23.0 Å². The van der Waals surface area contributed by atoms with E-state index in [-0.39, 0.29) is 61.5 Å². The maximum absolute atomic E-state index is 14.4. The molecular weight excluding hydrogens is 716 g/mol. The van der Waals surface area contributed by atoms with Crippen LogP contribution < -0.4 is 20.1 Å². The number of alkyl carbamates (subject to hydrolysis) is 1. The second-order valence-electron chi connectivity index (χ2n) is 14.1. The molecule has 3 N–H and O–H groups in total. The summed E-state index contributed by atoms with van der Waals surface area (Å²) in [5, 5.41) is 17.2. The molecular formula is C37H43F2N3O10S. The SMILES string of the molecule is CC(C)(CCNC(=O)c1cc(F)cc(F)c1)CN(C[C@@H](O)[C@H](Cc1ccccc1)NC(=O)O[C@H]1CO[C@H]2OCC[C@H]21)S(=O)(=O)c1ccc2c(c1)OCO2. The van der Waals surface area contributed by atoms with Crippen molar-refractivity contribution in [2.24, 2.45) is 11.3 Å². The van der Waals surface area contributed by atoms with Gasteiger partial charge in [-0.3, -0.25) is 4.79 Å². The third-order valence-electron chi connectivity index (χ3n) is 9.50. The Kier molecular flexibility index (Phi) is 11.8. The summed E-state index contributed by atoms with van der Waals surface area (Å²) >= 11 is 0. The van der Waals surface area contributed by atoms with Crippen LogP contribution in [0.1, 0.15) is 42.6 Å². The minimum atomic E-state index is -4.32. The van der Waals surface area contributed by atoms with Gasteiger partial charge in [0, 0.05) is 37.3 Å². The molecule has 2 saturated heterocycles. The summed E-state index contributed by atoms with van der Waals surface area (Å²) in [4.78, 5) is 25.8. The first-order valence-corrected chi connectivity index (χ1v) is 18.8. The van der Waals surface area contributed by atoms with Crippen LogP contribution in [0.3, 0.4) is 0 Å². The molecule has 0 spiro atoms. The summed E-state index contributed by atoms with van der Waals surface area (Å²) in [6.07, 6.45) is -2.11. The van der Waals surface area contributed by atoms with Crippen molar-refractivity contribution in [1.29, 1.82) is 0 Å². The summed E-state index contributed by atoms with van der Waals surface area (Å²) in [6.45, 7) is 3.67. The second kappa shape index (κ2) is 16.3. The van der Waals surface area contributed by atoms with E-state index in [1.807, 2.05) is 30.3 Å². The third kappa shape index (κ3) is 9.61. The molecule has 286 valence electrons. The first-order valence-electron chi connectivity index (χ1n) is 17.3. The lowest BCUT2D eigenvalue weighted by atomic mass is 9.89. The monoisotopic (exact) mass is 759 g/mol. The highest BCUT2D eigenvalue weighted by Gasteiger charge is 2.44. The number of nitrogens with one attached hydrogen (secondary N) is 2. The number of halogens is 2. The van der Waals surface area contributed by atoms with Crippen LogP contribution in [0.15, 0.2) is 71.6 Å². The Labute approximate surface area is 306 Å². The highest BCUT2D eigenvalue weighted by molar-refractivity contribution is 7.89. The van der Waals surface area contributed by atoms with Gasteiger partial charge in [0.25, 0.3) is 5.91 Å². The minimum Gasteiger partial charge on any atom is -0.454 e. The topological polar surface area (TPSA) is 162 Å². The summed E-state index contributed by atoms with van der Waals surface area (Å²) in [6, 6.07) is 14.9.